The maximum atomic E-state index is 13.6. The summed E-state index contributed by atoms with van der Waals surface area (Å²) < 4.78 is 31.4. The second-order valence-corrected chi connectivity index (χ2v) is 10.8. The van der Waals surface area contributed by atoms with Crippen molar-refractivity contribution in [1.29, 1.82) is 0 Å². The SMILES string of the molecule is CC[C@H](C(=O)NC(C)C)N(CCc1ccccc1)C(=O)CN(c1ccc(OC)c(Cl)c1)S(C)(=O)=O. The largest absolute Gasteiger partial charge is 0.495 e. The van der Waals surface area contributed by atoms with Crippen LogP contribution in [0.25, 0.3) is 0 Å². The molecule has 35 heavy (non-hydrogen) atoms. The van der Waals surface area contributed by atoms with Crippen molar-refractivity contribution >= 4 is 39.1 Å². The van der Waals surface area contributed by atoms with Gasteiger partial charge in [-0.2, -0.15) is 0 Å². The Hall–Kier alpha value is -2.78. The van der Waals surface area contributed by atoms with Crippen LogP contribution in [-0.4, -0.2) is 63.7 Å². The van der Waals surface area contributed by atoms with Crippen molar-refractivity contribution in [2.45, 2.75) is 45.7 Å². The van der Waals surface area contributed by atoms with Crippen molar-refractivity contribution in [2.75, 3.05) is 30.8 Å². The number of halogens is 1. The van der Waals surface area contributed by atoms with Gasteiger partial charge in [0.05, 0.1) is 24.1 Å². The van der Waals surface area contributed by atoms with Gasteiger partial charge in [0.1, 0.15) is 18.3 Å². The van der Waals surface area contributed by atoms with Gasteiger partial charge < -0.3 is 15.0 Å². The van der Waals surface area contributed by atoms with Crippen LogP contribution in [0.4, 0.5) is 5.69 Å². The summed E-state index contributed by atoms with van der Waals surface area (Å²) >= 11 is 6.21. The number of methoxy groups -OCH3 is 1. The molecule has 0 aliphatic rings. The molecule has 2 amide bonds. The molecule has 192 valence electrons. The molecule has 0 unspecified atom stereocenters. The van der Waals surface area contributed by atoms with E-state index >= 15 is 0 Å². The highest BCUT2D eigenvalue weighted by molar-refractivity contribution is 7.92. The lowest BCUT2D eigenvalue weighted by molar-refractivity contribution is -0.139. The van der Waals surface area contributed by atoms with Crippen LogP contribution in [0.1, 0.15) is 32.8 Å². The molecule has 1 N–H and O–H groups in total. The summed E-state index contributed by atoms with van der Waals surface area (Å²) in [5.41, 5.74) is 1.24. The van der Waals surface area contributed by atoms with E-state index in [-0.39, 0.29) is 29.2 Å². The number of hydrogen-bond donors (Lipinski definition) is 1. The van der Waals surface area contributed by atoms with Crippen LogP contribution in [0.5, 0.6) is 5.75 Å². The predicted octanol–water partition coefficient (Wildman–Crippen LogP) is 3.49. The standard InChI is InChI=1S/C25H34ClN3O5S/c1-6-22(25(31)27-18(2)3)28(15-14-19-10-8-7-9-11-19)24(30)17-29(35(5,32)33)20-12-13-23(34-4)21(26)16-20/h7-13,16,18,22H,6,14-15,17H2,1-5H3,(H,27,31)/t22-/m1/s1. The Labute approximate surface area is 213 Å². The minimum atomic E-state index is -3.84. The lowest BCUT2D eigenvalue weighted by atomic mass is 10.1. The third-order valence-corrected chi connectivity index (χ3v) is 6.84. The minimum absolute atomic E-state index is 0.100. The first-order valence-electron chi connectivity index (χ1n) is 11.4. The summed E-state index contributed by atoms with van der Waals surface area (Å²) in [5, 5.41) is 3.08. The van der Waals surface area contributed by atoms with Crippen molar-refractivity contribution in [1.82, 2.24) is 10.2 Å². The zero-order chi connectivity index (χ0) is 26.2. The Morgan fingerprint density at radius 2 is 1.77 bits per heavy atom. The normalized spacial score (nSPS) is 12.2. The van der Waals surface area contributed by atoms with E-state index in [1.165, 1.54) is 24.1 Å². The second kappa shape index (κ2) is 12.8. The Morgan fingerprint density at radius 3 is 2.29 bits per heavy atom. The monoisotopic (exact) mass is 523 g/mol. The number of hydrogen-bond acceptors (Lipinski definition) is 5. The Kier molecular flexibility index (Phi) is 10.4. The molecule has 1 atom stereocenters. The zero-order valence-corrected chi connectivity index (χ0v) is 22.4. The van der Waals surface area contributed by atoms with Gasteiger partial charge in [-0.25, -0.2) is 8.42 Å². The minimum Gasteiger partial charge on any atom is -0.495 e. The summed E-state index contributed by atoms with van der Waals surface area (Å²) in [6, 6.07) is 13.3. The number of sulfonamides is 1. The Balaban J connectivity index is 2.39. The number of ether oxygens (including phenoxy) is 1. The molecule has 0 radical (unpaired) electrons. The van der Waals surface area contributed by atoms with E-state index in [0.717, 1.165) is 16.1 Å². The van der Waals surface area contributed by atoms with Gasteiger partial charge in [-0.3, -0.25) is 13.9 Å². The molecule has 0 spiro atoms. The van der Waals surface area contributed by atoms with E-state index in [1.54, 1.807) is 6.07 Å². The number of benzene rings is 2. The number of nitrogens with zero attached hydrogens (tertiary/aromatic N) is 2. The van der Waals surface area contributed by atoms with Crippen molar-refractivity contribution < 1.29 is 22.7 Å². The molecule has 8 nitrogen and oxygen atoms in total. The average Bonchev–Trinajstić information content (AvgIpc) is 2.79. The summed E-state index contributed by atoms with van der Waals surface area (Å²) in [5.74, 6) is -0.373. The summed E-state index contributed by atoms with van der Waals surface area (Å²) in [7, 11) is -2.38. The first kappa shape index (κ1) is 28.5. The molecular weight excluding hydrogens is 490 g/mol. The number of amides is 2. The molecule has 0 aliphatic carbocycles. The third-order valence-electron chi connectivity index (χ3n) is 5.40. The number of nitrogens with one attached hydrogen (secondary N) is 1. The smallest absolute Gasteiger partial charge is 0.244 e. The molecule has 0 aromatic heterocycles. The maximum absolute atomic E-state index is 13.6. The van der Waals surface area contributed by atoms with Gasteiger partial charge >= 0.3 is 0 Å². The Bertz CT molecular complexity index is 1110. The average molecular weight is 524 g/mol. The molecule has 10 heteroatoms. The van der Waals surface area contributed by atoms with E-state index < -0.39 is 28.5 Å². The van der Waals surface area contributed by atoms with Crippen LogP contribution < -0.4 is 14.4 Å². The van der Waals surface area contributed by atoms with Crippen LogP contribution in [0, 0.1) is 0 Å². The van der Waals surface area contributed by atoms with Crippen molar-refractivity contribution in [3.8, 4) is 5.75 Å². The summed E-state index contributed by atoms with van der Waals surface area (Å²) in [6.45, 7) is 5.31. The van der Waals surface area contributed by atoms with Gasteiger partial charge in [-0.05, 0) is 50.5 Å². The molecule has 0 saturated carbocycles. The van der Waals surface area contributed by atoms with Crippen LogP contribution in [0.3, 0.4) is 0 Å². The fourth-order valence-corrected chi connectivity index (χ4v) is 4.79. The highest BCUT2D eigenvalue weighted by Gasteiger charge is 2.31. The second-order valence-electron chi connectivity index (χ2n) is 8.50. The number of rotatable bonds is 12. The number of carbonyl (C=O) groups excluding carboxylic acids is 2. The first-order chi connectivity index (χ1) is 16.5. The maximum Gasteiger partial charge on any atom is 0.244 e. The molecule has 0 fully saturated rings. The fraction of sp³-hybridized carbons (Fsp3) is 0.440. The molecular formula is C25H34ClN3O5S. The van der Waals surface area contributed by atoms with Gasteiger partial charge in [-0.1, -0.05) is 48.9 Å². The Morgan fingerprint density at radius 1 is 1.11 bits per heavy atom. The highest BCUT2D eigenvalue weighted by atomic mass is 35.5. The van der Waals surface area contributed by atoms with Gasteiger partial charge in [-0.15, -0.1) is 0 Å². The predicted molar refractivity (Wildman–Crippen MR) is 139 cm³/mol. The summed E-state index contributed by atoms with van der Waals surface area (Å²) in [6.07, 6.45) is 1.92. The van der Waals surface area contributed by atoms with Crippen LogP contribution in [-0.2, 0) is 26.0 Å². The van der Waals surface area contributed by atoms with E-state index in [4.69, 9.17) is 16.3 Å². The number of carbonyl (C=O) groups is 2. The van der Waals surface area contributed by atoms with Gasteiger partial charge in [0, 0.05) is 12.6 Å². The topological polar surface area (TPSA) is 96.0 Å². The van der Waals surface area contributed by atoms with E-state index in [0.29, 0.717) is 18.6 Å². The van der Waals surface area contributed by atoms with E-state index in [9.17, 15) is 18.0 Å². The van der Waals surface area contributed by atoms with E-state index in [2.05, 4.69) is 5.32 Å². The van der Waals surface area contributed by atoms with Crippen LogP contribution in [0.2, 0.25) is 5.02 Å². The third kappa shape index (κ3) is 8.14. The zero-order valence-electron chi connectivity index (χ0n) is 20.8. The van der Waals surface area contributed by atoms with Crippen molar-refractivity contribution in [3.63, 3.8) is 0 Å². The molecule has 0 heterocycles. The number of anilines is 1. The van der Waals surface area contributed by atoms with Gasteiger partial charge in [0.15, 0.2) is 0 Å². The van der Waals surface area contributed by atoms with Gasteiger partial charge in [0.2, 0.25) is 21.8 Å². The first-order valence-corrected chi connectivity index (χ1v) is 13.7. The van der Waals surface area contributed by atoms with Crippen LogP contribution in [0.15, 0.2) is 48.5 Å². The van der Waals surface area contributed by atoms with Crippen LogP contribution >= 0.6 is 11.6 Å². The van der Waals surface area contributed by atoms with Crippen molar-refractivity contribution in [2.24, 2.45) is 0 Å². The van der Waals surface area contributed by atoms with Gasteiger partial charge in [0.25, 0.3) is 0 Å². The quantitative estimate of drug-likeness (QED) is 0.459. The summed E-state index contributed by atoms with van der Waals surface area (Å²) in [4.78, 5) is 28.0. The molecule has 0 aliphatic heterocycles. The molecule has 2 rings (SSSR count). The molecule has 0 saturated heterocycles. The molecule has 2 aromatic carbocycles. The van der Waals surface area contributed by atoms with Crippen molar-refractivity contribution in [3.05, 3.63) is 59.1 Å². The molecule has 2 aromatic rings. The fourth-order valence-electron chi connectivity index (χ4n) is 3.70. The van der Waals surface area contributed by atoms with E-state index in [1.807, 2.05) is 51.1 Å². The lowest BCUT2D eigenvalue weighted by Gasteiger charge is -2.33. The highest BCUT2D eigenvalue weighted by Crippen LogP contribution is 2.30. The molecule has 0 bridgehead atoms. The lowest BCUT2D eigenvalue weighted by Crippen LogP contribution is -2.54.